The molecule has 0 aliphatic carbocycles. The summed E-state index contributed by atoms with van der Waals surface area (Å²) in [6.07, 6.45) is 5.26. The molecule has 1 fully saturated rings. The molecule has 2 aliphatic rings. The van der Waals surface area contributed by atoms with Crippen LogP contribution >= 0.6 is 24.8 Å². The Bertz CT molecular complexity index is 550. The van der Waals surface area contributed by atoms with Gasteiger partial charge in [-0.05, 0) is 62.2 Å². The maximum absolute atomic E-state index is 12.2. The molecule has 2 N–H and O–H groups in total. The fourth-order valence-corrected chi connectivity index (χ4v) is 4.08. The van der Waals surface area contributed by atoms with Crippen molar-refractivity contribution in [2.75, 3.05) is 37.6 Å². The third kappa shape index (κ3) is 6.33. The first-order valence-electron chi connectivity index (χ1n) is 9.54. The van der Waals surface area contributed by atoms with Crippen LogP contribution in [0.2, 0.25) is 0 Å². The van der Waals surface area contributed by atoms with E-state index in [4.69, 9.17) is 0 Å². The number of piperidine rings is 1. The fourth-order valence-electron chi connectivity index (χ4n) is 4.08. The van der Waals surface area contributed by atoms with Crippen molar-refractivity contribution in [3.8, 4) is 0 Å². The van der Waals surface area contributed by atoms with Crippen molar-refractivity contribution in [3.05, 3.63) is 29.8 Å². The van der Waals surface area contributed by atoms with Gasteiger partial charge in [0.2, 0.25) is 5.91 Å². The average molecular weight is 402 g/mol. The van der Waals surface area contributed by atoms with E-state index in [1.165, 1.54) is 24.1 Å². The zero-order valence-electron chi connectivity index (χ0n) is 15.7. The second-order valence-corrected chi connectivity index (χ2v) is 7.34. The van der Waals surface area contributed by atoms with Gasteiger partial charge in [0.05, 0.1) is 0 Å². The van der Waals surface area contributed by atoms with Gasteiger partial charge < -0.3 is 15.5 Å². The zero-order chi connectivity index (χ0) is 16.8. The van der Waals surface area contributed by atoms with Gasteiger partial charge in [-0.2, -0.15) is 0 Å². The Labute approximate surface area is 170 Å². The highest BCUT2D eigenvalue weighted by Gasteiger charge is 2.22. The Kier molecular flexibility index (Phi) is 10.4. The second kappa shape index (κ2) is 11.7. The molecule has 3 rings (SSSR count). The van der Waals surface area contributed by atoms with Crippen molar-refractivity contribution < 1.29 is 4.79 Å². The highest BCUT2D eigenvalue weighted by Crippen LogP contribution is 2.27. The minimum Gasteiger partial charge on any atom is -0.371 e. The molecule has 1 aromatic carbocycles. The predicted octanol–water partition coefficient (Wildman–Crippen LogP) is 3.42. The number of hydrogen-bond acceptors (Lipinski definition) is 3. The predicted molar refractivity (Wildman–Crippen MR) is 114 cm³/mol. The van der Waals surface area contributed by atoms with Crippen LogP contribution in [-0.4, -0.2) is 38.6 Å². The van der Waals surface area contributed by atoms with Gasteiger partial charge in [-0.15, -0.1) is 24.8 Å². The Morgan fingerprint density at radius 2 is 2.00 bits per heavy atom. The lowest BCUT2D eigenvalue weighted by molar-refractivity contribution is -0.122. The molecule has 26 heavy (non-hydrogen) atoms. The van der Waals surface area contributed by atoms with E-state index < -0.39 is 0 Å². The normalized spacial score (nSPS) is 17.7. The molecule has 148 valence electrons. The smallest absolute Gasteiger partial charge is 0.220 e. The first-order valence-corrected chi connectivity index (χ1v) is 9.54. The van der Waals surface area contributed by atoms with E-state index in [-0.39, 0.29) is 30.7 Å². The maximum Gasteiger partial charge on any atom is 0.220 e. The molecule has 0 aromatic heterocycles. The van der Waals surface area contributed by atoms with Crippen LogP contribution in [0.25, 0.3) is 0 Å². The summed E-state index contributed by atoms with van der Waals surface area (Å²) < 4.78 is 0. The fraction of sp³-hybridized carbons (Fsp3) is 0.650. The van der Waals surface area contributed by atoms with Gasteiger partial charge in [0.1, 0.15) is 0 Å². The van der Waals surface area contributed by atoms with E-state index in [1.807, 2.05) is 0 Å². The molecule has 6 heteroatoms. The van der Waals surface area contributed by atoms with Crippen LogP contribution in [0, 0.1) is 11.8 Å². The van der Waals surface area contributed by atoms with Crippen molar-refractivity contribution in [1.82, 2.24) is 10.6 Å². The Balaban J connectivity index is 0.00000169. The van der Waals surface area contributed by atoms with E-state index in [1.54, 1.807) is 0 Å². The number of benzene rings is 1. The van der Waals surface area contributed by atoms with Crippen molar-refractivity contribution >= 4 is 36.4 Å². The molecule has 1 atom stereocenters. The molecule has 0 saturated carbocycles. The number of fused-ring (bicyclic) bond motifs is 1. The van der Waals surface area contributed by atoms with E-state index in [9.17, 15) is 4.79 Å². The summed E-state index contributed by atoms with van der Waals surface area (Å²) in [7, 11) is 0. The molecular formula is C20H33Cl2N3O. The summed E-state index contributed by atoms with van der Waals surface area (Å²) in [5.74, 6) is 1.43. The summed E-state index contributed by atoms with van der Waals surface area (Å²) in [6.45, 7) is 7.37. The number of nitrogens with zero attached hydrogens (tertiary/aromatic N) is 1. The number of para-hydroxylation sites is 1. The molecule has 1 unspecified atom stereocenters. The first kappa shape index (κ1) is 23.1. The summed E-state index contributed by atoms with van der Waals surface area (Å²) >= 11 is 0. The minimum absolute atomic E-state index is 0. The quantitative estimate of drug-likeness (QED) is 0.687. The number of rotatable bonds is 7. The molecule has 1 saturated heterocycles. The minimum atomic E-state index is 0. The summed E-state index contributed by atoms with van der Waals surface area (Å²) in [5.41, 5.74) is 2.83. The van der Waals surface area contributed by atoms with Crippen molar-refractivity contribution in [2.45, 2.75) is 39.0 Å². The lowest BCUT2D eigenvalue weighted by atomic mass is 9.84. The van der Waals surface area contributed by atoms with Gasteiger partial charge >= 0.3 is 0 Å². The maximum atomic E-state index is 12.2. The van der Waals surface area contributed by atoms with Gasteiger partial charge in [-0.25, -0.2) is 0 Å². The van der Waals surface area contributed by atoms with E-state index >= 15 is 0 Å². The second-order valence-electron chi connectivity index (χ2n) is 7.34. The van der Waals surface area contributed by atoms with Gasteiger partial charge in [0.15, 0.2) is 0 Å². The van der Waals surface area contributed by atoms with E-state index in [0.29, 0.717) is 18.3 Å². The summed E-state index contributed by atoms with van der Waals surface area (Å²) in [4.78, 5) is 14.6. The number of halogens is 2. The topological polar surface area (TPSA) is 44.4 Å². The summed E-state index contributed by atoms with van der Waals surface area (Å²) in [6, 6.07) is 8.66. The van der Waals surface area contributed by atoms with Crippen LogP contribution in [0.15, 0.2) is 24.3 Å². The molecule has 2 heterocycles. The third-order valence-electron chi connectivity index (χ3n) is 5.61. The van der Waals surface area contributed by atoms with Crippen LogP contribution in [0.5, 0.6) is 0 Å². The zero-order valence-corrected chi connectivity index (χ0v) is 17.3. The van der Waals surface area contributed by atoms with Gasteiger partial charge in [0.25, 0.3) is 0 Å². The first-order chi connectivity index (χ1) is 11.7. The number of anilines is 1. The lowest BCUT2D eigenvalue weighted by Crippen LogP contribution is -2.34. The van der Waals surface area contributed by atoms with E-state index in [2.05, 4.69) is 46.7 Å². The molecular weight excluding hydrogens is 369 g/mol. The molecule has 1 amide bonds. The van der Waals surface area contributed by atoms with Gasteiger partial charge in [0, 0.05) is 31.7 Å². The Morgan fingerprint density at radius 1 is 1.27 bits per heavy atom. The van der Waals surface area contributed by atoms with Crippen LogP contribution in [0.3, 0.4) is 0 Å². The molecule has 1 aromatic rings. The molecule has 4 nitrogen and oxygen atoms in total. The lowest BCUT2D eigenvalue weighted by Gasteiger charge is -2.28. The van der Waals surface area contributed by atoms with Crippen LogP contribution in [-0.2, 0) is 11.2 Å². The molecule has 0 spiro atoms. The largest absolute Gasteiger partial charge is 0.371 e. The third-order valence-corrected chi connectivity index (χ3v) is 5.61. The number of amides is 1. The summed E-state index contributed by atoms with van der Waals surface area (Å²) in [5, 5.41) is 6.51. The standard InChI is InChI=1S/C20H31N3O.2ClH/c1-16(17-7-11-21-12-8-17)15-20(24)22-10-4-13-23-14-9-18-5-2-3-6-19(18)23;;/h2-3,5-6,16-17,21H,4,7-15H2,1H3,(H,22,24);2*1H. The number of nitrogens with one attached hydrogen (secondary N) is 2. The van der Waals surface area contributed by atoms with Crippen molar-refractivity contribution in [2.24, 2.45) is 11.8 Å². The Hall–Kier alpha value is -0.970. The van der Waals surface area contributed by atoms with E-state index in [0.717, 1.165) is 45.6 Å². The molecule has 2 aliphatic heterocycles. The SMILES string of the molecule is CC(CC(=O)NCCCN1CCc2ccccc21)C1CCNCC1.Cl.Cl. The van der Waals surface area contributed by atoms with Gasteiger partial charge in [-0.1, -0.05) is 25.1 Å². The number of carbonyl (C=O) groups is 1. The molecule has 0 bridgehead atoms. The highest BCUT2D eigenvalue weighted by molar-refractivity contribution is 5.85. The molecule has 0 radical (unpaired) electrons. The average Bonchev–Trinajstić information content (AvgIpc) is 3.03. The van der Waals surface area contributed by atoms with Crippen molar-refractivity contribution in [3.63, 3.8) is 0 Å². The number of hydrogen-bond donors (Lipinski definition) is 2. The Morgan fingerprint density at radius 3 is 2.77 bits per heavy atom. The van der Waals surface area contributed by atoms with Crippen molar-refractivity contribution in [1.29, 1.82) is 0 Å². The van der Waals surface area contributed by atoms with Gasteiger partial charge in [-0.3, -0.25) is 4.79 Å². The van der Waals surface area contributed by atoms with Crippen LogP contribution in [0.1, 0.15) is 38.2 Å². The van der Waals surface area contributed by atoms with Crippen LogP contribution in [0.4, 0.5) is 5.69 Å². The highest BCUT2D eigenvalue weighted by atomic mass is 35.5. The number of carbonyl (C=O) groups excluding carboxylic acids is 1. The van der Waals surface area contributed by atoms with Crippen LogP contribution < -0.4 is 15.5 Å². The monoisotopic (exact) mass is 401 g/mol.